The average Bonchev–Trinajstić information content (AvgIpc) is 2.66. The van der Waals surface area contributed by atoms with Crippen molar-refractivity contribution in [2.45, 2.75) is 12.5 Å². The molecule has 2 fully saturated rings. The summed E-state index contributed by atoms with van der Waals surface area (Å²) in [5, 5.41) is 2.90. The number of amides is 3. The number of morpholine rings is 1. The number of piperazine rings is 1. The fraction of sp³-hybridized carbons (Fsp3) is 0.579. The maximum Gasteiger partial charge on any atom is 0.318 e. The maximum atomic E-state index is 12.4. The molecule has 1 atom stereocenters. The topological polar surface area (TPSA) is 65.1 Å². The number of rotatable bonds is 5. The average molecular weight is 360 g/mol. The van der Waals surface area contributed by atoms with Gasteiger partial charge in [-0.05, 0) is 19.0 Å². The van der Waals surface area contributed by atoms with Crippen LogP contribution in [0.25, 0.3) is 0 Å². The molecule has 2 heterocycles. The molecule has 142 valence electrons. The zero-order valence-electron chi connectivity index (χ0n) is 15.4. The van der Waals surface area contributed by atoms with E-state index in [9.17, 15) is 9.59 Å². The predicted molar refractivity (Wildman–Crippen MR) is 98.9 cm³/mol. The molecule has 0 spiro atoms. The van der Waals surface area contributed by atoms with E-state index in [0.29, 0.717) is 32.8 Å². The first-order valence-corrected chi connectivity index (χ1v) is 9.26. The van der Waals surface area contributed by atoms with Crippen LogP contribution in [0.2, 0.25) is 0 Å². The highest BCUT2D eigenvalue weighted by Crippen LogP contribution is 2.08. The highest BCUT2D eigenvalue weighted by molar-refractivity contribution is 5.85. The van der Waals surface area contributed by atoms with Crippen molar-refractivity contribution in [3.8, 4) is 0 Å². The van der Waals surface area contributed by atoms with Crippen molar-refractivity contribution in [1.29, 1.82) is 0 Å². The van der Waals surface area contributed by atoms with Gasteiger partial charge in [0.2, 0.25) is 5.91 Å². The van der Waals surface area contributed by atoms with E-state index in [4.69, 9.17) is 4.74 Å². The summed E-state index contributed by atoms with van der Waals surface area (Å²) in [5.74, 6) is 0.0102. The summed E-state index contributed by atoms with van der Waals surface area (Å²) in [4.78, 5) is 30.3. The first kappa shape index (κ1) is 18.7. The van der Waals surface area contributed by atoms with Gasteiger partial charge in [-0.2, -0.15) is 0 Å². The Bertz CT molecular complexity index is 610. The Kier molecular flexibility index (Phi) is 6.46. The molecule has 1 aromatic rings. The second-order valence-corrected chi connectivity index (χ2v) is 6.98. The Morgan fingerprint density at radius 1 is 1.23 bits per heavy atom. The van der Waals surface area contributed by atoms with Crippen LogP contribution in [0.4, 0.5) is 4.79 Å². The molecule has 7 heteroatoms. The van der Waals surface area contributed by atoms with Crippen LogP contribution in [0.1, 0.15) is 5.56 Å². The van der Waals surface area contributed by atoms with Crippen molar-refractivity contribution < 1.29 is 14.3 Å². The lowest BCUT2D eigenvalue weighted by Gasteiger charge is -2.35. The lowest BCUT2D eigenvalue weighted by atomic mass is 10.1. The highest BCUT2D eigenvalue weighted by Gasteiger charge is 2.27. The van der Waals surface area contributed by atoms with Gasteiger partial charge in [0.15, 0.2) is 0 Å². The van der Waals surface area contributed by atoms with Gasteiger partial charge in [0.25, 0.3) is 0 Å². The van der Waals surface area contributed by atoms with Crippen LogP contribution < -0.4 is 5.32 Å². The molecule has 1 aromatic carbocycles. The molecule has 26 heavy (non-hydrogen) atoms. The van der Waals surface area contributed by atoms with Crippen LogP contribution >= 0.6 is 0 Å². The number of carbonyl (C=O) groups is 2. The van der Waals surface area contributed by atoms with E-state index >= 15 is 0 Å². The fourth-order valence-corrected chi connectivity index (χ4v) is 3.33. The number of urea groups is 1. The Balaban J connectivity index is 1.40. The predicted octanol–water partition coefficient (Wildman–Crippen LogP) is 0.414. The Morgan fingerprint density at radius 3 is 2.77 bits per heavy atom. The van der Waals surface area contributed by atoms with Gasteiger partial charge >= 0.3 is 6.03 Å². The van der Waals surface area contributed by atoms with Crippen molar-refractivity contribution in [3.05, 3.63) is 35.9 Å². The van der Waals surface area contributed by atoms with E-state index < -0.39 is 0 Å². The van der Waals surface area contributed by atoms with Gasteiger partial charge in [-0.25, -0.2) is 4.79 Å². The van der Waals surface area contributed by atoms with Gasteiger partial charge in [0.1, 0.15) is 6.54 Å². The SMILES string of the molecule is CN1CCO[C@@H](CNC(=O)N2CCN(CCc3ccccc3)C(=O)C2)C1. The van der Waals surface area contributed by atoms with Crippen LogP contribution in [0.15, 0.2) is 30.3 Å². The number of hydrogen-bond donors (Lipinski definition) is 1. The van der Waals surface area contributed by atoms with Gasteiger partial charge < -0.3 is 24.8 Å². The minimum atomic E-state index is -0.183. The molecule has 0 bridgehead atoms. The third-order valence-corrected chi connectivity index (χ3v) is 4.94. The first-order valence-electron chi connectivity index (χ1n) is 9.26. The van der Waals surface area contributed by atoms with Crippen LogP contribution in [0.5, 0.6) is 0 Å². The zero-order valence-corrected chi connectivity index (χ0v) is 15.4. The van der Waals surface area contributed by atoms with E-state index in [0.717, 1.165) is 19.5 Å². The van der Waals surface area contributed by atoms with Crippen LogP contribution in [0.3, 0.4) is 0 Å². The van der Waals surface area contributed by atoms with Crippen molar-refractivity contribution >= 4 is 11.9 Å². The van der Waals surface area contributed by atoms with Gasteiger partial charge in [0.05, 0.1) is 12.7 Å². The van der Waals surface area contributed by atoms with E-state index in [1.54, 1.807) is 4.90 Å². The van der Waals surface area contributed by atoms with E-state index in [2.05, 4.69) is 22.3 Å². The molecular weight excluding hydrogens is 332 g/mol. The van der Waals surface area contributed by atoms with E-state index in [1.165, 1.54) is 5.56 Å². The number of nitrogens with zero attached hydrogens (tertiary/aromatic N) is 3. The summed E-state index contributed by atoms with van der Waals surface area (Å²) in [6, 6.07) is 9.96. The zero-order chi connectivity index (χ0) is 18.4. The Labute approximate surface area is 154 Å². The van der Waals surface area contributed by atoms with E-state index in [-0.39, 0.29) is 24.6 Å². The molecule has 2 saturated heterocycles. The normalized spacial score (nSPS) is 21.7. The monoisotopic (exact) mass is 360 g/mol. The molecule has 7 nitrogen and oxygen atoms in total. The lowest BCUT2D eigenvalue weighted by molar-refractivity contribution is -0.134. The molecule has 0 unspecified atom stereocenters. The minimum Gasteiger partial charge on any atom is -0.374 e. The molecule has 1 N–H and O–H groups in total. The highest BCUT2D eigenvalue weighted by atomic mass is 16.5. The van der Waals surface area contributed by atoms with Gasteiger partial charge in [-0.15, -0.1) is 0 Å². The largest absolute Gasteiger partial charge is 0.374 e. The summed E-state index contributed by atoms with van der Waals surface area (Å²) in [5.41, 5.74) is 1.22. The first-order chi connectivity index (χ1) is 12.6. The molecule has 0 aliphatic carbocycles. The molecule has 0 saturated carbocycles. The second kappa shape index (κ2) is 9.00. The minimum absolute atomic E-state index is 0.0102. The summed E-state index contributed by atoms with van der Waals surface area (Å²) >= 11 is 0. The molecule has 3 rings (SSSR count). The summed E-state index contributed by atoms with van der Waals surface area (Å²) in [6.45, 7) is 4.89. The molecule has 2 aliphatic rings. The lowest BCUT2D eigenvalue weighted by Crippen LogP contribution is -2.56. The summed E-state index contributed by atoms with van der Waals surface area (Å²) < 4.78 is 5.65. The number of hydrogen-bond acceptors (Lipinski definition) is 4. The molecule has 3 amide bonds. The third kappa shape index (κ3) is 5.19. The van der Waals surface area contributed by atoms with Crippen LogP contribution in [-0.2, 0) is 16.0 Å². The van der Waals surface area contributed by atoms with Crippen LogP contribution in [-0.4, -0.2) is 92.2 Å². The van der Waals surface area contributed by atoms with Gasteiger partial charge in [-0.3, -0.25) is 4.79 Å². The number of carbonyl (C=O) groups excluding carboxylic acids is 2. The maximum absolute atomic E-state index is 12.4. The molecular formula is C19H28N4O3. The number of ether oxygens (including phenoxy) is 1. The fourth-order valence-electron chi connectivity index (χ4n) is 3.33. The number of benzene rings is 1. The van der Waals surface area contributed by atoms with Crippen molar-refractivity contribution in [1.82, 2.24) is 20.0 Å². The number of nitrogens with one attached hydrogen (secondary N) is 1. The Hall–Kier alpha value is -2.12. The van der Waals surface area contributed by atoms with Crippen molar-refractivity contribution in [3.63, 3.8) is 0 Å². The standard InChI is InChI=1S/C19H28N4O3/c1-21-11-12-26-17(14-21)13-20-19(25)23-10-9-22(18(24)15-23)8-7-16-5-3-2-4-6-16/h2-6,17H,7-15H2,1H3,(H,20,25)/t17-/m0/s1. The molecule has 0 radical (unpaired) electrons. The van der Waals surface area contributed by atoms with E-state index in [1.807, 2.05) is 30.1 Å². The van der Waals surface area contributed by atoms with Gasteiger partial charge in [-0.1, -0.05) is 30.3 Å². The number of likely N-dealkylation sites (N-methyl/N-ethyl adjacent to an activating group) is 1. The van der Waals surface area contributed by atoms with Crippen LogP contribution in [0, 0.1) is 0 Å². The third-order valence-electron chi connectivity index (χ3n) is 4.94. The molecule has 0 aromatic heterocycles. The van der Waals surface area contributed by atoms with Gasteiger partial charge in [0, 0.05) is 39.3 Å². The summed E-state index contributed by atoms with van der Waals surface area (Å²) in [6.07, 6.45) is 0.853. The quantitative estimate of drug-likeness (QED) is 0.826. The molecule has 2 aliphatic heterocycles. The Morgan fingerprint density at radius 2 is 2.04 bits per heavy atom. The summed E-state index contributed by atoms with van der Waals surface area (Å²) in [7, 11) is 2.05. The van der Waals surface area contributed by atoms with Crippen molar-refractivity contribution in [2.24, 2.45) is 0 Å². The van der Waals surface area contributed by atoms with Crippen molar-refractivity contribution in [2.75, 3.05) is 59.5 Å². The second-order valence-electron chi connectivity index (χ2n) is 6.98. The smallest absolute Gasteiger partial charge is 0.318 e.